The number of aromatic nitrogens is 2. The van der Waals surface area contributed by atoms with Gasteiger partial charge in [-0.1, -0.05) is 0 Å². The van der Waals surface area contributed by atoms with Crippen LogP contribution in [0.2, 0.25) is 0 Å². The van der Waals surface area contributed by atoms with Crippen molar-refractivity contribution in [3.63, 3.8) is 0 Å². The Morgan fingerprint density at radius 2 is 1.96 bits per heavy atom. The van der Waals surface area contributed by atoms with Gasteiger partial charge in [0.05, 0.1) is 36.0 Å². The van der Waals surface area contributed by atoms with Crippen molar-refractivity contribution in [1.82, 2.24) is 9.97 Å². The molecule has 2 aliphatic heterocycles. The number of esters is 1. The molecule has 2 saturated heterocycles. The van der Waals surface area contributed by atoms with E-state index in [1.165, 1.54) is 0 Å². The summed E-state index contributed by atoms with van der Waals surface area (Å²) < 4.78 is 11.0. The number of rotatable bonds is 5. The summed E-state index contributed by atoms with van der Waals surface area (Å²) in [5, 5.41) is 2.95. The molecule has 2 fully saturated rings. The molecule has 1 aromatic carbocycles. The van der Waals surface area contributed by atoms with Gasteiger partial charge in [-0.05, 0) is 44.0 Å². The largest absolute Gasteiger partial charge is 0.462 e. The van der Waals surface area contributed by atoms with E-state index in [4.69, 9.17) is 9.47 Å². The molecule has 2 aromatic rings. The minimum atomic E-state index is -0.375. The standard InChI is InChI=1S/C20H21N3O4/c1-2-26-20(25)12-3-5-13(6-4-12)23-19(24)18-16-8-7-15(27-16)17(18)14-11-21-9-10-22-14/h3-6,9-11,15-18H,2,7-8H2,1H3,(H,23,24)/t15-,16-,17+,18-/m0/s1. The predicted octanol–water partition coefficient (Wildman–Crippen LogP) is 2.55. The fraction of sp³-hybridized carbons (Fsp3) is 0.400. The monoisotopic (exact) mass is 367 g/mol. The van der Waals surface area contributed by atoms with Gasteiger partial charge in [-0.25, -0.2) is 4.79 Å². The van der Waals surface area contributed by atoms with Crippen LogP contribution in [0.15, 0.2) is 42.9 Å². The van der Waals surface area contributed by atoms with Gasteiger partial charge in [-0.3, -0.25) is 14.8 Å². The number of fused-ring (bicyclic) bond motifs is 2. The Hall–Kier alpha value is -2.80. The summed E-state index contributed by atoms with van der Waals surface area (Å²) in [6.45, 7) is 2.09. The summed E-state index contributed by atoms with van der Waals surface area (Å²) in [4.78, 5) is 33.2. The number of carbonyl (C=O) groups is 2. The third-order valence-electron chi connectivity index (χ3n) is 5.16. The second-order valence-electron chi connectivity index (χ2n) is 6.76. The Morgan fingerprint density at radius 3 is 2.67 bits per heavy atom. The fourth-order valence-corrected chi connectivity index (χ4v) is 4.00. The maximum atomic E-state index is 13.0. The number of benzene rings is 1. The third kappa shape index (κ3) is 3.42. The van der Waals surface area contributed by atoms with E-state index >= 15 is 0 Å². The lowest BCUT2D eigenvalue weighted by molar-refractivity contribution is -0.121. The first-order valence-electron chi connectivity index (χ1n) is 9.16. The summed E-state index contributed by atoms with van der Waals surface area (Å²) in [7, 11) is 0. The number of nitrogens with one attached hydrogen (secondary N) is 1. The summed E-state index contributed by atoms with van der Waals surface area (Å²) in [6.07, 6.45) is 6.70. The van der Waals surface area contributed by atoms with Crippen molar-refractivity contribution in [3.05, 3.63) is 54.1 Å². The zero-order valence-electron chi connectivity index (χ0n) is 15.0. The molecule has 3 heterocycles. The first kappa shape index (κ1) is 17.6. The van der Waals surface area contributed by atoms with Crippen molar-refractivity contribution in [2.75, 3.05) is 11.9 Å². The van der Waals surface area contributed by atoms with Gasteiger partial charge in [-0.15, -0.1) is 0 Å². The quantitative estimate of drug-likeness (QED) is 0.817. The zero-order valence-corrected chi connectivity index (χ0v) is 15.0. The van der Waals surface area contributed by atoms with Crippen molar-refractivity contribution in [2.45, 2.75) is 37.9 Å². The van der Waals surface area contributed by atoms with Crippen molar-refractivity contribution in [3.8, 4) is 0 Å². The van der Waals surface area contributed by atoms with E-state index < -0.39 is 0 Å². The van der Waals surface area contributed by atoms with E-state index in [-0.39, 0.29) is 35.9 Å². The highest BCUT2D eigenvalue weighted by molar-refractivity contribution is 5.95. The molecule has 2 aliphatic rings. The Bertz CT molecular complexity index is 825. The van der Waals surface area contributed by atoms with Crippen LogP contribution in [-0.2, 0) is 14.3 Å². The van der Waals surface area contributed by atoms with Crippen LogP contribution < -0.4 is 5.32 Å². The van der Waals surface area contributed by atoms with Gasteiger partial charge in [0, 0.05) is 30.2 Å². The molecule has 0 spiro atoms. The van der Waals surface area contributed by atoms with Crippen LogP contribution in [0, 0.1) is 5.92 Å². The average molecular weight is 367 g/mol. The second kappa shape index (κ2) is 7.44. The number of hydrogen-bond acceptors (Lipinski definition) is 6. The van der Waals surface area contributed by atoms with Crippen LogP contribution in [-0.4, -0.2) is 40.7 Å². The van der Waals surface area contributed by atoms with Crippen LogP contribution in [0.3, 0.4) is 0 Å². The Morgan fingerprint density at radius 1 is 1.19 bits per heavy atom. The van der Waals surface area contributed by atoms with Crippen LogP contribution >= 0.6 is 0 Å². The van der Waals surface area contributed by atoms with E-state index in [1.807, 2.05) is 0 Å². The van der Waals surface area contributed by atoms with Gasteiger partial charge in [0.15, 0.2) is 0 Å². The molecule has 27 heavy (non-hydrogen) atoms. The number of anilines is 1. The molecular formula is C20H21N3O4. The molecule has 1 aromatic heterocycles. The summed E-state index contributed by atoms with van der Waals surface area (Å²) in [5.41, 5.74) is 1.88. The van der Waals surface area contributed by atoms with Crippen LogP contribution in [0.5, 0.6) is 0 Å². The van der Waals surface area contributed by atoms with Gasteiger partial charge < -0.3 is 14.8 Å². The van der Waals surface area contributed by atoms with E-state index in [0.717, 1.165) is 18.5 Å². The minimum absolute atomic E-state index is 0.00800. The van der Waals surface area contributed by atoms with E-state index in [1.54, 1.807) is 49.8 Å². The molecule has 0 radical (unpaired) electrons. The molecule has 0 unspecified atom stereocenters. The molecule has 1 amide bonds. The average Bonchev–Trinajstić information content (AvgIpc) is 3.31. The van der Waals surface area contributed by atoms with Gasteiger partial charge in [-0.2, -0.15) is 0 Å². The number of amides is 1. The topological polar surface area (TPSA) is 90.4 Å². The van der Waals surface area contributed by atoms with Crippen LogP contribution in [0.4, 0.5) is 5.69 Å². The van der Waals surface area contributed by atoms with Gasteiger partial charge >= 0.3 is 5.97 Å². The lowest BCUT2D eigenvalue weighted by Crippen LogP contribution is -2.36. The molecule has 1 N–H and O–H groups in total. The normalized spacial score (nSPS) is 26.0. The number of hydrogen-bond donors (Lipinski definition) is 1. The number of carbonyl (C=O) groups excluding carboxylic acids is 2. The van der Waals surface area contributed by atoms with Crippen molar-refractivity contribution < 1.29 is 19.1 Å². The zero-order chi connectivity index (χ0) is 18.8. The molecular weight excluding hydrogens is 346 g/mol. The maximum absolute atomic E-state index is 13.0. The Kier molecular flexibility index (Phi) is 4.85. The summed E-state index contributed by atoms with van der Waals surface area (Å²) in [6, 6.07) is 6.70. The van der Waals surface area contributed by atoms with Gasteiger partial charge in [0.25, 0.3) is 0 Å². The van der Waals surface area contributed by atoms with Gasteiger partial charge in [0.2, 0.25) is 5.91 Å². The fourth-order valence-electron chi connectivity index (χ4n) is 4.00. The number of nitrogens with zero attached hydrogens (tertiary/aromatic N) is 2. The van der Waals surface area contributed by atoms with E-state index in [0.29, 0.717) is 17.9 Å². The maximum Gasteiger partial charge on any atom is 0.338 e. The van der Waals surface area contributed by atoms with E-state index in [9.17, 15) is 9.59 Å². The Balaban J connectivity index is 1.49. The molecule has 7 nitrogen and oxygen atoms in total. The first-order valence-corrected chi connectivity index (χ1v) is 9.16. The highest BCUT2D eigenvalue weighted by Gasteiger charge is 2.53. The lowest BCUT2D eigenvalue weighted by Gasteiger charge is -2.26. The summed E-state index contributed by atoms with van der Waals surface area (Å²) in [5.74, 6) is -0.859. The van der Waals surface area contributed by atoms with Crippen LogP contribution in [0.25, 0.3) is 0 Å². The smallest absolute Gasteiger partial charge is 0.338 e. The molecule has 2 bridgehead atoms. The molecule has 0 aliphatic carbocycles. The molecule has 4 atom stereocenters. The predicted molar refractivity (Wildman–Crippen MR) is 97.2 cm³/mol. The highest BCUT2D eigenvalue weighted by Crippen LogP contribution is 2.48. The van der Waals surface area contributed by atoms with Gasteiger partial charge in [0.1, 0.15) is 0 Å². The van der Waals surface area contributed by atoms with E-state index in [2.05, 4.69) is 15.3 Å². The van der Waals surface area contributed by atoms with Crippen LogP contribution in [0.1, 0.15) is 41.7 Å². The minimum Gasteiger partial charge on any atom is -0.462 e. The molecule has 4 rings (SSSR count). The molecule has 7 heteroatoms. The molecule has 0 saturated carbocycles. The third-order valence-corrected chi connectivity index (χ3v) is 5.16. The highest BCUT2D eigenvalue weighted by atomic mass is 16.5. The van der Waals surface area contributed by atoms with Crippen molar-refractivity contribution in [1.29, 1.82) is 0 Å². The second-order valence-corrected chi connectivity index (χ2v) is 6.76. The summed E-state index contributed by atoms with van der Waals surface area (Å²) >= 11 is 0. The first-order chi connectivity index (χ1) is 13.2. The van der Waals surface area contributed by atoms with Crippen molar-refractivity contribution in [2.24, 2.45) is 5.92 Å². The Labute approximate surface area is 157 Å². The SMILES string of the molecule is CCOC(=O)c1ccc(NC(=O)[C@@H]2[C@H](c3cnccn3)[C@@H]3CC[C@@H]2O3)cc1. The number of ether oxygens (including phenoxy) is 2. The lowest BCUT2D eigenvalue weighted by atomic mass is 9.77. The molecule has 140 valence electrons. The van der Waals surface area contributed by atoms with Crippen molar-refractivity contribution >= 4 is 17.6 Å².